The number of ether oxygens (including phenoxy) is 1. The Bertz CT molecular complexity index is 265. The second-order valence-electron chi connectivity index (χ2n) is 7.02. The van der Waals surface area contributed by atoms with Crippen LogP contribution in [-0.2, 0) is 4.74 Å². The van der Waals surface area contributed by atoms with E-state index >= 15 is 0 Å². The Labute approximate surface area is 99.9 Å². The lowest BCUT2D eigenvalue weighted by atomic mass is 9.57. The van der Waals surface area contributed by atoms with Gasteiger partial charge in [0.15, 0.2) is 0 Å². The van der Waals surface area contributed by atoms with Crippen LogP contribution in [0.15, 0.2) is 0 Å². The van der Waals surface area contributed by atoms with Gasteiger partial charge in [0.05, 0.1) is 12.2 Å². The largest absolute Gasteiger partial charge is 0.369 e. The van der Waals surface area contributed by atoms with Gasteiger partial charge < -0.3 is 4.74 Å². The molecule has 3 aliphatic rings. The predicted molar refractivity (Wildman–Crippen MR) is 66.3 cm³/mol. The highest BCUT2D eigenvalue weighted by Gasteiger charge is 2.59. The van der Waals surface area contributed by atoms with Gasteiger partial charge in [0.1, 0.15) is 0 Å². The normalized spacial score (nSPS) is 47.4. The van der Waals surface area contributed by atoms with Crippen molar-refractivity contribution in [3.8, 4) is 0 Å². The fourth-order valence-electron chi connectivity index (χ4n) is 4.44. The molecule has 0 bridgehead atoms. The van der Waals surface area contributed by atoms with Gasteiger partial charge in [0, 0.05) is 0 Å². The highest BCUT2D eigenvalue weighted by Crippen LogP contribution is 2.57. The topological polar surface area (TPSA) is 12.5 Å². The van der Waals surface area contributed by atoms with Crippen LogP contribution in [-0.4, -0.2) is 12.2 Å². The summed E-state index contributed by atoms with van der Waals surface area (Å²) in [5, 5.41) is 0. The number of hydrogen-bond donors (Lipinski definition) is 0. The Morgan fingerprint density at radius 1 is 1.06 bits per heavy atom. The smallest absolute Gasteiger partial charge is 0.0877 e. The fraction of sp³-hybridized carbons (Fsp3) is 1.00. The first kappa shape index (κ1) is 11.1. The highest BCUT2D eigenvalue weighted by atomic mass is 16.6. The Hall–Kier alpha value is -0.0400. The Balaban J connectivity index is 1.80. The van der Waals surface area contributed by atoms with Crippen molar-refractivity contribution in [2.45, 2.75) is 71.5 Å². The highest BCUT2D eigenvalue weighted by molar-refractivity contribution is 5.06. The summed E-state index contributed by atoms with van der Waals surface area (Å²) in [6.07, 6.45) is 9.89. The van der Waals surface area contributed by atoms with Crippen LogP contribution in [0.3, 0.4) is 0 Å². The van der Waals surface area contributed by atoms with Gasteiger partial charge in [0.25, 0.3) is 0 Å². The third-order valence-corrected chi connectivity index (χ3v) is 5.85. The van der Waals surface area contributed by atoms with Crippen LogP contribution in [0.4, 0.5) is 0 Å². The van der Waals surface area contributed by atoms with E-state index in [0.717, 1.165) is 17.8 Å². The molecule has 1 heterocycles. The second-order valence-corrected chi connectivity index (χ2v) is 7.02. The van der Waals surface area contributed by atoms with Gasteiger partial charge in [-0.05, 0) is 29.6 Å². The van der Waals surface area contributed by atoms with Crippen molar-refractivity contribution in [2.24, 2.45) is 23.2 Å². The quantitative estimate of drug-likeness (QED) is 0.611. The molecule has 16 heavy (non-hydrogen) atoms. The van der Waals surface area contributed by atoms with Crippen LogP contribution in [0, 0.1) is 23.2 Å². The molecule has 1 aliphatic heterocycles. The van der Waals surface area contributed by atoms with Crippen molar-refractivity contribution in [3.63, 3.8) is 0 Å². The molecule has 1 nitrogen and oxygen atoms in total. The minimum absolute atomic E-state index is 0.500. The molecule has 2 saturated carbocycles. The van der Waals surface area contributed by atoms with Gasteiger partial charge in [-0.1, -0.05) is 52.9 Å². The van der Waals surface area contributed by atoms with Crippen molar-refractivity contribution in [1.29, 1.82) is 0 Å². The van der Waals surface area contributed by atoms with Crippen LogP contribution < -0.4 is 0 Å². The van der Waals surface area contributed by atoms with Crippen molar-refractivity contribution in [2.75, 3.05) is 0 Å². The summed E-state index contributed by atoms with van der Waals surface area (Å²) in [4.78, 5) is 0. The zero-order valence-electron chi connectivity index (χ0n) is 11.0. The maximum absolute atomic E-state index is 5.95. The molecule has 0 spiro atoms. The third kappa shape index (κ3) is 1.63. The van der Waals surface area contributed by atoms with E-state index in [1.54, 1.807) is 0 Å². The molecule has 3 rings (SSSR count). The van der Waals surface area contributed by atoms with E-state index in [4.69, 9.17) is 4.74 Å². The van der Waals surface area contributed by atoms with Crippen LogP contribution in [0.1, 0.15) is 59.3 Å². The van der Waals surface area contributed by atoms with Gasteiger partial charge in [0.2, 0.25) is 0 Å². The molecule has 0 aromatic carbocycles. The lowest BCUT2D eigenvalue weighted by Crippen LogP contribution is -2.44. The zero-order chi connectivity index (χ0) is 11.3. The number of epoxide rings is 1. The third-order valence-electron chi connectivity index (χ3n) is 5.85. The second kappa shape index (κ2) is 3.73. The molecule has 1 heteroatoms. The lowest BCUT2D eigenvalue weighted by molar-refractivity contribution is 0.0268. The number of hydrogen-bond acceptors (Lipinski definition) is 1. The number of fused-ring (bicyclic) bond motifs is 1. The first-order valence-corrected chi connectivity index (χ1v) is 7.26. The Morgan fingerprint density at radius 3 is 2.44 bits per heavy atom. The first-order valence-electron chi connectivity index (χ1n) is 7.26. The molecule has 0 N–H and O–H groups in total. The van der Waals surface area contributed by atoms with Gasteiger partial charge in [-0.2, -0.15) is 0 Å². The van der Waals surface area contributed by atoms with Gasteiger partial charge in [-0.25, -0.2) is 0 Å². The van der Waals surface area contributed by atoms with E-state index in [1.807, 2.05) is 0 Å². The molecular weight excluding hydrogens is 196 g/mol. The molecule has 0 aromatic heterocycles. The van der Waals surface area contributed by atoms with Crippen molar-refractivity contribution >= 4 is 0 Å². The maximum atomic E-state index is 5.95. The van der Waals surface area contributed by atoms with E-state index in [9.17, 15) is 0 Å². The average molecular weight is 222 g/mol. The zero-order valence-corrected chi connectivity index (χ0v) is 11.0. The van der Waals surface area contributed by atoms with Crippen LogP contribution in [0.2, 0.25) is 0 Å². The summed E-state index contributed by atoms with van der Waals surface area (Å²) in [6.45, 7) is 7.43. The van der Waals surface area contributed by atoms with Gasteiger partial charge >= 0.3 is 0 Å². The molecule has 0 aromatic rings. The van der Waals surface area contributed by atoms with E-state index in [2.05, 4.69) is 20.8 Å². The van der Waals surface area contributed by atoms with Crippen molar-refractivity contribution < 1.29 is 4.74 Å². The van der Waals surface area contributed by atoms with Crippen LogP contribution in [0.5, 0.6) is 0 Å². The van der Waals surface area contributed by atoms with E-state index in [0.29, 0.717) is 17.6 Å². The van der Waals surface area contributed by atoms with E-state index in [-0.39, 0.29) is 0 Å². The Morgan fingerprint density at radius 2 is 1.75 bits per heavy atom. The molecule has 3 fully saturated rings. The summed E-state index contributed by atoms with van der Waals surface area (Å²) in [5.41, 5.74) is 0.500. The summed E-state index contributed by atoms with van der Waals surface area (Å²) in [5.74, 6) is 2.64. The molecule has 4 atom stereocenters. The molecular formula is C15H26O. The Kier molecular flexibility index (Phi) is 2.58. The molecule has 2 aliphatic carbocycles. The predicted octanol–water partition coefficient (Wildman–Crippen LogP) is 4.02. The van der Waals surface area contributed by atoms with E-state index in [1.165, 1.54) is 38.5 Å². The molecule has 1 saturated heterocycles. The van der Waals surface area contributed by atoms with Crippen molar-refractivity contribution in [1.82, 2.24) is 0 Å². The minimum Gasteiger partial charge on any atom is -0.369 e. The van der Waals surface area contributed by atoms with Gasteiger partial charge in [-0.15, -0.1) is 0 Å². The lowest BCUT2D eigenvalue weighted by Gasteiger charge is -2.46. The van der Waals surface area contributed by atoms with Crippen LogP contribution >= 0.6 is 0 Å². The standard InChI is InChI=1S/C15H26O/c1-10-9-12-14(16-12)13(15(10,2)3)11-7-5-4-6-8-11/h10-14H,4-9H2,1-3H3. The maximum Gasteiger partial charge on any atom is 0.0877 e. The molecule has 0 radical (unpaired) electrons. The van der Waals surface area contributed by atoms with Crippen LogP contribution in [0.25, 0.3) is 0 Å². The van der Waals surface area contributed by atoms with Crippen molar-refractivity contribution in [3.05, 3.63) is 0 Å². The molecule has 4 unspecified atom stereocenters. The first-order chi connectivity index (χ1) is 7.60. The monoisotopic (exact) mass is 222 g/mol. The minimum atomic E-state index is 0.500. The summed E-state index contributed by atoms with van der Waals surface area (Å²) in [7, 11) is 0. The SMILES string of the molecule is CC1CC2OC2C(C2CCCCC2)C1(C)C. The molecule has 92 valence electrons. The summed E-state index contributed by atoms with van der Waals surface area (Å²) < 4.78 is 5.95. The summed E-state index contributed by atoms with van der Waals surface area (Å²) >= 11 is 0. The number of rotatable bonds is 1. The fourth-order valence-corrected chi connectivity index (χ4v) is 4.44. The average Bonchev–Trinajstić information content (AvgIpc) is 2.98. The molecule has 0 amide bonds. The van der Waals surface area contributed by atoms with Gasteiger partial charge in [-0.3, -0.25) is 0 Å². The van der Waals surface area contributed by atoms with E-state index < -0.39 is 0 Å². The summed E-state index contributed by atoms with van der Waals surface area (Å²) in [6, 6.07) is 0.